The molecule has 0 amide bonds. The minimum absolute atomic E-state index is 0.120. The molecule has 7 heteroatoms. The van der Waals surface area contributed by atoms with E-state index in [0.29, 0.717) is 17.2 Å². The Kier molecular flexibility index (Phi) is 4.71. The van der Waals surface area contributed by atoms with Gasteiger partial charge in [-0.25, -0.2) is 0 Å². The van der Waals surface area contributed by atoms with Gasteiger partial charge >= 0.3 is 0 Å². The largest absolute Gasteiger partial charge is 0.375 e. The maximum Gasteiger partial charge on any atom is 0.222 e. The van der Waals surface area contributed by atoms with Crippen LogP contribution in [0.4, 0.5) is 5.95 Å². The summed E-state index contributed by atoms with van der Waals surface area (Å²) in [7, 11) is 0. The van der Waals surface area contributed by atoms with E-state index in [1.54, 1.807) is 0 Å². The molecule has 2 fully saturated rings. The van der Waals surface area contributed by atoms with Crippen LogP contribution in [0.5, 0.6) is 0 Å². The van der Waals surface area contributed by atoms with Gasteiger partial charge in [0.05, 0.1) is 5.60 Å². The van der Waals surface area contributed by atoms with Gasteiger partial charge in [-0.2, -0.15) is 11.8 Å². The van der Waals surface area contributed by atoms with Crippen molar-refractivity contribution in [2.45, 2.75) is 61.6 Å². The average Bonchev–Trinajstić information content (AvgIpc) is 2.81. The molecule has 0 saturated carbocycles. The first-order valence-electron chi connectivity index (χ1n) is 7.68. The van der Waals surface area contributed by atoms with Crippen molar-refractivity contribution in [2.24, 2.45) is 0 Å². The molecule has 3 rings (SSSR count). The fourth-order valence-electron chi connectivity index (χ4n) is 3.18. The van der Waals surface area contributed by atoms with Gasteiger partial charge in [0.15, 0.2) is 5.16 Å². The molecule has 3 heterocycles. The number of nitrogen functional groups attached to an aromatic ring is 1. The lowest BCUT2D eigenvalue weighted by Crippen LogP contribution is -2.43. The molecule has 1 atom stereocenters. The van der Waals surface area contributed by atoms with E-state index in [4.69, 9.17) is 10.5 Å². The molecule has 0 bridgehead atoms. The second kappa shape index (κ2) is 6.38. The van der Waals surface area contributed by atoms with Gasteiger partial charge in [0.2, 0.25) is 5.95 Å². The Morgan fingerprint density at radius 1 is 1.38 bits per heavy atom. The smallest absolute Gasteiger partial charge is 0.222 e. The number of nitrogens with two attached hydrogens (primary N) is 1. The molecular formula is C14H24N4OS2. The quantitative estimate of drug-likeness (QED) is 0.920. The minimum Gasteiger partial charge on any atom is -0.375 e. The van der Waals surface area contributed by atoms with Crippen molar-refractivity contribution in [2.75, 3.05) is 23.8 Å². The lowest BCUT2D eigenvalue weighted by molar-refractivity contribution is -0.0805. The van der Waals surface area contributed by atoms with Gasteiger partial charge in [-0.15, -0.1) is 10.2 Å². The van der Waals surface area contributed by atoms with Gasteiger partial charge in [0.25, 0.3) is 0 Å². The number of anilines is 1. The Hall–Kier alpha value is -0.400. The Morgan fingerprint density at radius 2 is 2.14 bits per heavy atom. The molecule has 2 aliphatic rings. The van der Waals surface area contributed by atoms with E-state index in [-0.39, 0.29) is 5.60 Å². The number of rotatable bonds is 3. The van der Waals surface area contributed by atoms with Crippen molar-refractivity contribution >= 4 is 29.5 Å². The first kappa shape index (κ1) is 15.5. The number of thioether (sulfide) groups is 2. The van der Waals surface area contributed by atoms with E-state index >= 15 is 0 Å². The van der Waals surface area contributed by atoms with Crippen molar-refractivity contribution in [3.63, 3.8) is 0 Å². The maximum absolute atomic E-state index is 6.16. The molecule has 118 valence electrons. The van der Waals surface area contributed by atoms with E-state index in [9.17, 15) is 0 Å². The van der Waals surface area contributed by atoms with Crippen LogP contribution < -0.4 is 5.73 Å². The summed E-state index contributed by atoms with van der Waals surface area (Å²) in [5.41, 5.74) is 6.05. The highest BCUT2D eigenvalue weighted by molar-refractivity contribution is 7.99. The van der Waals surface area contributed by atoms with Crippen molar-refractivity contribution in [1.29, 1.82) is 0 Å². The van der Waals surface area contributed by atoms with Gasteiger partial charge < -0.3 is 10.5 Å². The SMILES string of the molecule is CC(C)n1c(N)nnc1SC1CCOC2(CCSCC2)C1. The van der Waals surface area contributed by atoms with Gasteiger partial charge in [0, 0.05) is 17.9 Å². The standard InChI is InChI=1S/C14H24N4OS2/c1-10(2)18-12(15)16-17-13(18)21-11-3-6-19-14(9-11)4-7-20-8-5-14/h10-11H,3-9H2,1-2H3,(H2,15,16). The zero-order valence-corrected chi connectivity index (χ0v) is 14.4. The summed E-state index contributed by atoms with van der Waals surface area (Å²) in [5, 5.41) is 9.83. The molecule has 0 aromatic carbocycles. The Labute approximate surface area is 134 Å². The Balaban J connectivity index is 1.70. The zero-order valence-electron chi connectivity index (χ0n) is 12.7. The lowest BCUT2D eigenvalue weighted by Gasteiger charge is -2.43. The summed E-state index contributed by atoms with van der Waals surface area (Å²) in [6.07, 6.45) is 4.59. The predicted octanol–water partition coefficient (Wildman–Crippen LogP) is 2.98. The lowest BCUT2D eigenvalue weighted by atomic mass is 9.88. The summed E-state index contributed by atoms with van der Waals surface area (Å²) in [4.78, 5) is 0. The van der Waals surface area contributed by atoms with Crippen LogP contribution in [0.2, 0.25) is 0 Å². The third kappa shape index (κ3) is 3.35. The summed E-state index contributed by atoms with van der Waals surface area (Å²) in [5.74, 6) is 2.97. The highest BCUT2D eigenvalue weighted by Crippen LogP contribution is 2.42. The van der Waals surface area contributed by atoms with Crippen LogP contribution in [0, 0.1) is 0 Å². The van der Waals surface area contributed by atoms with Crippen LogP contribution in [-0.4, -0.2) is 43.7 Å². The average molecular weight is 329 g/mol. The van der Waals surface area contributed by atoms with E-state index in [1.807, 2.05) is 28.1 Å². The van der Waals surface area contributed by atoms with E-state index in [1.165, 1.54) is 24.3 Å². The van der Waals surface area contributed by atoms with Gasteiger partial charge in [-0.1, -0.05) is 11.8 Å². The normalized spacial score (nSPS) is 25.6. The monoisotopic (exact) mass is 328 g/mol. The molecule has 1 aromatic rings. The molecule has 0 aliphatic carbocycles. The van der Waals surface area contributed by atoms with Gasteiger partial charge in [-0.05, 0) is 51.0 Å². The fourth-order valence-corrected chi connectivity index (χ4v) is 5.82. The Bertz CT molecular complexity index is 480. The Morgan fingerprint density at radius 3 is 2.86 bits per heavy atom. The molecule has 2 aliphatic heterocycles. The predicted molar refractivity (Wildman–Crippen MR) is 88.9 cm³/mol. The minimum atomic E-state index is 0.120. The summed E-state index contributed by atoms with van der Waals surface area (Å²) >= 11 is 3.88. The van der Waals surface area contributed by atoms with Gasteiger partial charge in [0.1, 0.15) is 0 Å². The maximum atomic E-state index is 6.16. The molecule has 2 N–H and O–H groups in total. The number of nitrogens with zero attached hydrogens (tertiary/aromatic N) is 3. The molecule has 1 aromatic heterocycles. The first-order valence-corrected chi connectivity index (χ1v) is 9.72. The summed E-state index contributed by atoms with van der Waals surface area (Å²) in [6, 6.07) is 0.294. The third-order valence-corrected chi connectivity index (χ3v) is 6.54. The van der Waals surface area contributed by atoms with Crippen LogP contribution in [0.1, 0.15) is 45.6 Å². The number of ether oxygens (including phenoxy) is 1. The van der Waals surface area contributed by atoms with Crippen LogP contribution in [0.3, 0.4) is 0 Å². The zero-order chi connectivity index (χ0) is 14.9. The van der Waals surface area contributed by atoms with E-state index in [2.05, 4.69) is 24.0 Å². The topological polar surface area (TPSA) is 66.0 Å². The van der Waals surface area contributed by atoms with Gasteiger partial charge in [-0.3, -0.25) is 4.57 Å². The molecule has 21 heavy (non-hydrogen) atoms. The molecule has 0 radical (unpaired) electrons. The van der Waals surface area contributed by atoms with Crippen LogP contribution >= 0.6 is 23.5 Å². The number of aromatic nitrogens is 3. The second-order valence-corrected chi connectivity index (χ2v) is 8.67. The van der Waals surface area contributed by atoms with Crippen molar-refractivity contribution in [3.8, 4) is 0 Å². The molecule has 1 spiro atoms. The molecular weight excluding hydrogens is 304 g/mol. The number of hydrogen-bond donors (Lipinski definition) is 1. The molecule has 1 unspecified atom stereocenters. The van der Waals surface area contributed by atoms with E-state index < -0.39 is 0 Å². The number of hydrogen-bond acceptors (Lipinski definition) is 6. The van der Waals surface area contributed by atoms with Crippen molar-refractivity contribution in [3.05, 3.63) is 0 Å². The fraction of sp³-hybridized carbons (Fsp3) is 0.857. The first-order chi connectivity index (χ1) is 10.1. The van der Waals surface area contributed by atoms with Crippen molar-refractivity contribution in [1.82, 2.24) is 14.8 Å². The highest BCUT2D eigenvalue weighted by Gasteiger charge is 2.39. The molecule has 2 saturated heterocycles. The third-order valence-electron chi connectivity index (χ3n) is 4.33. The summed E-state index contributed by atoms with van der Waals surface area (Å²) in [6.45, 7) is 5.11. The highest BCUT2D eigenvalue weighted by atomic mass is 32.2. The van der Waals surface area contributed by atoms with E-state index in [0.717, 1.165) is 24.6 Å². The van der Waals surface area contributed by atoms with Crippen LogP contribution in [-0.2, 0) is 4.74 Å². The van der Waals surface area contributed by atoms with Crippen LogP contribution in [0.25, 0.3) is 0 Å². The molecule has 5 nitrogen and oxygen atoms in total. The summed E-state index contributed by atoms with van der Waals surface area (Å²) < 4.78 is 8.19. The second-order valence-electron chi connectivity index (χ2n) is 6.18. The van der Waals surface area contributed by atoms with Crippen molar-refractivity contribution < 1.29 is 4.74 Å². The van der Waals surface area contributed by atoms with Crippen LogP contribution in [0.15, 0.2) is 5.16 Å².